The average Bonchev–Trinajstić information content (AvgIpc) is 3.13. The highest BCUT2D eigenvalue weighted by Gasteiger charge is 2.36. The molecule has 0 heterocycles. The topological polar surface area (TPSA) is 55.1 Å². The van der Waals surface area contributed by atoms with E-state index in [2.05, 4.69) is 5.32 Å². The van der Waals surface area contributed by atoms with Crippen LogP contribution in [0.3, 0.4) is 0 Å². The predicted molar refractivity (Wildman–Crippen MR) is 73.7 cm³/mol. The minimum atomic E-state index is -0.982. The zero-order valence-electron chi connectivity index (χ0n) is 10.2. The van der Waals surface area contributed by atoms with Crippen LogP contribution in [0.15, 0.2) is 18.2 Å². The first-order valence-corrected chi connectivity index (χ1v) is 6.69. The van der Waals surface area contributed by atoms with E-state index in [1.807, 2.05) is 0 Å². The number of nitrogens with one attached hydrogen (secondary N) is 1. The molecule has 18 heavy (non-hydrogen) atoms. The molecule has 1 aliphatic carbocycles. The van der Waals surface area contributed by atoms with Gasteiger partial charge in [0, 0.05) is 15.6 Å². The third-order valence-corrected chi connectivity index (χ3v) is 3.97. The van der Waals surface area contributed by atoms with E-state index in [1.165, 1.54) is 12.8 Å². The smallest absolute Gasteiger partial charge is 0.242 e. The van der Waals surface area contributed by atoms with Crippen LogP contribution in [0.5, 0.6) is 0 Å². The molecule has 1 amide bonds. The van der Waals surface area contributed by atoms with Crippen LogP contribution in [-0.4, -0.2) is 12.5 Å². The predicted octanol–water partition coefficient (Wildman–Crippen LogP) is 2.69. The summed E-state index contributed by atoms with van der Waals surface area (Å²) in [6.07, 6.45) is 2.40. The van der Waals surface area contributed by atoms with Gasteiger partial charge in [0.25, 0.3) is 0 Å². The summed E-state index contributed by atoms with van der Waals surface area (Å²) >= 11 is 12.1. The lowest BCUT2D eigenvalue weighted by molar-refractivity contribution is -0.124. The van der Waals surface area contributed by atoms with Gasteiger partial charge >= 0.3 is 0 Å². The quantitative estimate of drug-likeness (QED) is 0.874. The zero-order chi connectivity index (χ0) is 13.3. The molecule has 2 rings (SSSR count). The third-order valence-electron chi connectivity index (χ3n) is 3.40. The molecule has 1 unspecified atom stereocenters. The van der Waals surface area contributed by atoms with Crippen molar-refractivity contribution in [2.75, 3.05) is 6.54 Å². The second-order valence-electron chi connectivity index (χ2n) is 4.94. The molecule has 98 valence electrons. The summed E-state index contributed by atoms with van der Waals surface area (Å²) in [5.74, 6) is 0.189. The maximum absolute atomic E-state index is 11.8. The van der Waals surface area contributed by atoms with Crippen LogP contribution in [-0.2, 0) is 10.3 Å². The van der Waals surface area contributed by atoms with Crippen molar-refractivity contribution in [3.05, 3.63) is 33.8 Å². The standard InChI is InChI=1S/C13H16Cl2N2O/c1-13(12(16)18,17-7-8-2-3-8)10-6-9(14)4-5-11(10)15/h4-6,8,17H,2-3,7H2,1H3,(H2,16,18). The Hall–Kier alpha value is -0.770. The van der Waals surface area contributed by atoms with Gasteiger partial charge in [0.1, 0.15) is 5.54 Å². The van der Waals surface area contributed by atoms with Crippen molar-refractivity contribution in [1.29, 1.82) is 0 Å². The Balaban J connectivity index is 2.31. The van der Waals surface area contributed by atoms with Gasteiger partial charge < -0.3 is 5.73 Å². The molecule has 5 heteroatoms. The number of primary amides is 1. The van der Waals surface area contributed by atoms with E-state index in [9.17, 15) is 4.79 Å². The molecule has 0 bridgehead atoms. The monoisotopic (exact) mass is 286 g/mol. The summed E-state index contributed by atoms with van der Waals surface area (Å²) in [4.78, 5) is 11.8. The van der Waals surface area contributed by atoms with Crippen LogP contribution >= 0.6 is 23.2 Å². The van der Waals surface area contributed by atoms with Crippen molar-refractivity contribution in [2.45, 2.75) is 25.3 Å². The maximum Gasteiger partial charge on any atom is 0.242 e. The maximum atomic E-state index is 11.8. The molecule has 1 aromatic carbocycles. The van der Waals surface area contributed by atoms with Crippen LogP contribution in [0.1, 0.15) is 25.3 Å². The molecule has 0 spiro atoms. The van der Waals surface area contributed by atoms with Crippen molar-refractivity contribution in [1.82, 2.24) is 5.32 Å². The number of hydrogen-bond acceptors (Lipinski definition) is 2. The zero-order valence-corrected chi connectivity index (χ0v) is 11.7. The highest BCUT2D eigenvalue weighted by atomic mass is 35.5. The molecule has 1 aromatic rings. The summed E-state index contributed by atoms with van der Waals surface area (Å²) in [5, 5.41) is 4.25. The number of nitrogens with two attached hydrogens (primary N) is 1. The SMILES string of the molecule is CC(NCC1CC1)(C(N)=O)c1cc(Cl)ccc1Cl. The van der Waals surface area contributed by atoms with E-state index < -0.39 is 11.4 Å². The summed E-state index contributed by atoms with van der Waals surface area (Å²) in [6, 6.07) is 5.06. The first kappa shape index (κ1) is 13.7. The van der Waals surface area contributed by atoms with Crippen LogP contribution < -0.4 is 11.1 Å². The summed E-state index contributed by atoms with van der Waals surface area (Å²) in [6.45, 7) is 2.51. The van der Waals surface area contributed by atoms with Crippen molar-refractivity contribution in [3.63, 3.8) is 0 Å². The fraction of sp³-hybridized carbons (Fsp3) is 0.462. The Morgan fingerprint density at radius 2 is 2.17 bits per heavy atom. The van der Waals surface area contributed by atoms with E-state index in [4.69, 9.17) is 28.9 Å². The van der Waals surface area contributed by atoms with Gasteiger partial charge in [0.2, 0.25) is 5.91 Å². The van der Waals surface area contributed by atoms with Crippen molar-refractivity contribution in [2.24, 2.45) is 11.7 Å². The molecule has 0 saturated heterocycles. The summed E-state index contributed by atoms with van der Waals surface area (Å²) in [5.41, 5.74) is 5.17. The number of hydrogen-bond donors (Lipinski definition) is 2. The fourth-order valence-electron chi connectivity index (χ4n) is 1.87. The largest absolute Gasteiger partial charge is 0.368 e. The molecule has 1 atom stereocenters. The molecule has 0 aliphatic heterocycles. The van der Waals surface area contributed by atoms with Gasteiger partial charge in [-0.3, -0.25) is 10.1 Å². The molecular formula is C13H16Cl2N2O. The van der Waals surface area contributed by atoms with E-state index in [1.54, 1.807) is 25.1 Å². The van der Waals surface area contributed by atoms with Gasteiger partial charge in [-0.1, -0.05) is 23.2 Å². The van der Waals surface area contributed by atoms with Crippen molar-refractivity contribution < 1.29 is 4.79 Å². The Morgan fingerprint density at radius 1 is 1.50 bits per heavy atom. The Bertz CT molecular complexity index is 474. The Labute approximate surface area is 117 Å². The first-order chi connectivity index (χ1) is 8.43. The fourth-order valence-corrected chi connectivity index (χ4v) is 2.34. The van der Waals surface area contributed by atoms with E-state index in [-0.39, 0.29) is 0 Å². The minimum absolute atomic E-state index is 0.452. The number of carbonyl (C=O) groups excluding carboxylic acids is 1. The van der Waals surface area contributed by atoms with Crippen LogP contribution in [0, 0.1) is 5.92 Å². The van der Waals surface area contributed by atoms with Crippen molar-refractivity contribution in [3.8, 4) is 0 Å². The normalized spacial score (nSPS) is 18.4. The van der Waals surface area contributed by atoms with E-state index in [0.717, 1.165) is 6.54 Å². The Kier molecular flexibility index (Phi) is 3.85. The summed E-state index contributed by atoms with van der Waals surface area (Å²) < 4.78 is 0. The van der Waals surface area contributed by atoms with Gasteiger partial charge in [0.05, 0.1) is 0 Å². The molecule has 1 aliphatic rings. The highest BCUT2D eigenvalue weighted by molar-refractivity contribution is 6.34. The molecular weight excluding hydrogens is 271 g/mol. The number of halogens is 2. The third kappa shape index (κ3) is 2.79. The molecule has 1 saturated carbocycles. The lowest BCUT2D eigenvalue weighted by Crippen LogP contribution is -2.51. The van der Waals surface area contributed by atoms with E-state index >= 15 is 0 Å². The average molecular weight is 287 g/mol. The van der Waals surface area contributed by atoms with Crippen LogP contribution in [0.25, 0.3) is 0 Å². The van der Waals surface area contributed by atoms with Crippen molar-refractivity contribution >= 4 is 29.1 Å². The van der Waals surface area contributed by atoms with Crippen LogP contribution in [0.4, 0.5) is 0 Å². The lowest BCUT2D eigenvalue weighted by Gasteiger charge is -2.29. The molecule has 1 fully saturated rings. The van der Waals surface area contributed by atoms with Crippen LogP contribution in [0.2, 0.25) is 10.0 Å². The number of benzene rings is 1. The van der Waals surface area contributed by atoms with E-state index in [0.29, 0.717) is 21.5 Å². The first-order valence-electron chi connectivity index (χ1n) is 5.94. The van der Waals surface area contributed by atoms with Gasteiger partial charge in [-0.05, 0) is 50.4 Å². The molecule has 3 N–H and O–H groups in total. The second-order valence-corrected chi connectivity index (χ2v) is 5.78. The molecule has 0 radical (unpaired) electrons. The van der Waals surface area contributed by atoms with Gasteiger partial charge in [0.15, 0.2) is 0 Å². The van der Waals surface area contributed by atoms with Gasteiger partial charge in [-0.15, -0.1) is 0 Å². The second kappa shape index (κ2) is 5.08. The molecule has 0 aromatic heterocycles. The number of amides is 1. The number of carbonyl (C=O) groups is 1. The Morgan fingerprint density at radius 3 is 2.72 bits per heavy atom. The molecule has 3 nitrogen and oxygen atoms in total. The number of rotatable bonds is 5. The minimum Gasteiger partial charge on any atom is -0.368 e. The lowest BCUT2D eigenvalue weighted by atomic mass is 9.91. The summed E-state index contributed by atoms with van der Waals surface area (Å²) in [7, 11) is 0. The van der Waals surface area contributed by atoms with Gasteiger partial charge in [-0.25, -0.2) is 0 Å². The van der Waals surface area contributed by atoms with Gasteiger partial charge in [-0.2, -0.15) is 0 Å². The highest BCUT2D eigenvalue weighted by Crippen LogP contribution is 2.33.